The summed E-state index contributed by atoms with van der Waals surface area (Å²) in [5.74, 6) is 0.392. The molecule has 0 radical (unpaired) electrons. The molecule has 1 fully saturated rings. The average molecular weight is 219 g/mol. The van der Waals surface area contributed by atoms with Gasteiger partial charge in [-0.2, -0.15) is 0 Å². The van der Waals surface area contributed by atoms with Crippen molar-refractivity contribution in [2.24, 2.45) is 0 Å². The number of hydrogen-bond acceptors (Lipinski definition) is 2. The van der Waals surface area contributed by atoms with Crippen molar-refractivity contribution < 1.29 is 5.11 Å². The molecule has 88 valence electrons. The second-order valence-corrected chi connectivity index (χ2v) is 4.88. The lowest BCUT2D eigenvalue weighted by molar-refractivity contribution is 0.0628. The van der Waals surface area contributed by atoms with Crippen molar-refractivity contribution in [1.82, 2.24) is 4.90 Å². The molecule has 1 saturated heterocycles. The average Bonchev–Trinajstić information content (AvgIpc) is 2.23. The van der Waals surface area contributed by atoms with Crippen LogP contribution in [0.25, 0.3) is 0 Å². The first-order valence-corrected chi connectivity index (χ1v) is 6.22. The summed E-state index contributed by atoms with van der Waals surface area (Å²) < 4.78 is 0. The third-order valence-electron chi connectivity index (χ3n) is 3.69. The normalized spacial score (nSPS) is 19.4. The maximum atomic E-state index is 9.57. The summed E-state index contributed by atoms with van der Waals surface area (Å²) in [6.07, 6.45) is 2.42. The van der Waals surface area contributed by atoms with Gasteiger partial charge in [-0.25, -0.2) is 0 Å². The molecule has 0 bridgehead atoms. The van der Waals surface area contributed by atoms with E-state index in [1.807, 2.05) is 12.1 Å². The van der Waals surface area contributed by atoms with Crippen molar-refractivity contribution in [3.05, 3.63) is 29.8 Å². The lowest BCUT2D eigenvalue weighted by Gasteiger charge is -2.50. The molecular formula is C14H21NO. The number of phenolic OH excluding ortho intramolecular Hbond substituents is 1. The fourth-order valence-electron chi connectivity index (χ4n) is 2.83. The van der Waals surface area contributed by atoms with Crippen LogP contribution in [0.1, 0.15) is 32.3 Å². The van der Waals surface area contributed by atoms with Gasteiger partial charge in [-0.1, -0.05) is 32.4 Å². The Morgan fingerprint density at radius 3 is 2.62 bits per heavy atom. The van der Waals surface area contributed by atoms with E-state index >= 15 is 0 Å². The lowest BCUT2D eigenvalue weighted by Crippen LogP contribution is -2.58. The van der Waals surface area contributed by atoms with Crippen LogP contribution >= 0.6 is 0 Å². The highest BCUT2D eigenvalue weighted by Gasteiger charge is 2.42. The molecule has 1 heterocycles. The topological polar surface area (TPSA) is 23.5 Å². The largest absolute Gasteiger partial charge is 0.508 e. The van der Waals surface area contributed by atoms with Crippen LogP contribution < -0.4 is 0 Å². The highest BCUT2D eigenvalue weighted by atomic mass is 16.3. The van der Waals surface area contributed by atoms with Crippen molar-refractivity contribution in [2.75, 3.05) is 19.6 Å². The molecule has 1 N–H and O–H groups in total. The molecule has 2 heteroatoms. The van der Waals surface area contributed by atoms with E-state index in [0.29, 0.717) is 11.2 Å². The third-order valence-corrected chi connectivity index (χ3v) is 3.69. The molecule has 1 aromatic rings. The van der Waals surface area contributed by atoms with Crippen LogP contribution in [0.15, 0.2) is 24.3 Å². The van der Waals surface area contributed by atoms with Crippen LogP contribution in [0, 0.1) is 0 Å². The standard InChI is InChI=1S/C14H21NO/c1-3-8-14(10-15(4-2)11-14)12-6-5-7-13(16)9-12/h5-7,9,16H,3-4,8,10-11H2,1-2H3. The van der Waals surface area contributed by atoms with Crippen molar-refractivity contribution in [2.45, 2.75) is 32.1 Å². The van der Waals surface area contributed by atoms with E-state index in [9.17, 15) is 5.11 Å². The van der Waals surface area contributed by atoms with Gasteiger partial charge in [0.25, 0.3) is 0 Å². The minimum Gasteiger partial charge on any atom is -0.508 e. The Hall–Kier alpha value is -1.02. The number of nitrogens with zero attached hydrogens (tertiary/aromatic N) is 1. The molecule has 16 heavy (non-hydrogen) atoms. The number of likely N-dealkylation sites (N-methyl/N-ethyl adjacent to an activating group) is 1. The molecule has 0 amide bonds. The van der Waals surface area contributed by atoms with E-state index in [2.05, 4.69) is 24.8 Å². The van der Waals surface area contributed by atoms with E-state index in [4.69, 9.17) is 0 Å². The number of rotatable bonds is 4. The molecule has 1 aliphatic heterocycles. The van der Waals surface area contributed by atoms with Gasteiger partial charge in [0.2, 0.25) is 0 Å². The zero-order valence-electron chi connectivity index (χ0n) is 10.2. The van der Waals surface area contributed by atoms with Crippen molar-refractivity contribution in [3.8, 4) is 5.75 Å². The van der Waals surface area contributed by atoms with E-state index in [1.54, 1.807) is 6.07 Å². The summed E-state index contributed by atoms with van der Waals surface area (Å²) in [6.45, 7) is 7.85. The number of likely N-dealkylation sites (tertiary alicyclic amines) is 1. The maximum absolute atomic E-state index is 9.57. The van der Waals surface area contributed by atoms with Gasteiger partial charge in [0, 0.05) is 18.5 Å². The Morgan fingerprint density at radius 1 is 1.31 bits per heavy atom. The first-order chi connectivity index (χ1) is 7.70. The quantitative estimate of drug-likeness (QED) is 0.841. The first kappa shape index (κ1) is 11.5. The van der Waals surface area contributed by atoms with Gasteiger partial charge in [0.15, 0.2) is 0 Å². The number of aromatic hydroxyl groups is 1. The van der Waals surface area contributed by atoms with Crippen LogP contribution in [0.4, 0.5) is 0 Å². The van der Waals surface area contributed by atoms with Crippen LogP contribution in [-0.2, 0) is 5.41 Å². The van der Waals surface area contributed by atoms with E-state index < -0.39 is 0 Å². The minimum atomic E-state index is 0.295. The van der Waals surface area contributed by atoms with Crippen molar-refractivity contribution >= 4 is 0 Å². The minimum absolute atomic E-state index is 0.295. The predicted octanol–water partition coefficient (Wildman–Crippen LogP) is 2.77. The second kappa shape index (κ2) is 4.46. The Bertz CT molecular complexity index is 356. The molecule has 0 aromatic heterocycles. The number of phenols is 1. The summed E-state index contributed by atoms with van der Waals surface area (Å²) in [7, 11) is 0. The van der Waals surface area contributed by atoms with Crippen molar-refractivity contribution in [1.29, 1.82) is 0 Å². The fraction of sp³-hybridized carbons (Fsp3) is 0.571. The van der Waals surface area contributed by atoms with Crippen molar-refractivity contribution in [3.63, 3.8) is 0 Å². The smallest absolute Gasteiger partial charge is 0.115 e. The van der Waals surface area contributed by atoms with Gasteiger partial charge in [-0.05, 0) is 30.7 Å². The summed E-state index contributed by atoms with van der Waals surface area (Å²) >= 11 is 0. The van der Waals surface area contributed by atoms with E-state index in [1.165, 1.54) is 18.4 Å². The summed E-state index contributed by atoms with van der Waals surface area (Å²) in [5.41, 5.74) is 1.60. The molecule has 2 nitrogen and oxygen atoms in total. The highest BCUT2D eigenvalue weighted by Crippen LogP contribution is 2.39. The van der Waals surface area contributed by atoms with Gasteiger partial charge in [-0.15, -0.1) is 0 Å². The van der Waals surface area contributed by atoms with E-state index in [-0.39, 0.29) is 0 Å². The monoisotopic (exact) mass is 219 g/mol. The predicted molar refractivity (Wildman–Crippen MR) is 66.8 cm³/mol. The summed E-state index contributed by atoms with van der Waals surface area (Å²) in [4.78, 5) is 2.46. The van der Waals surface area contributed by atoms with Crippen LogP contribution in [0.5, 0.6) is 5.75 Å². The zero-order chi connectivity index (χ0) is 11.6. The number of hydrogen-bond donors (Lipinski definition) is 1. The Morgan fingerprint density at radius 2 is 2.06 bits per heavy atom. The lowest BCUT2D eigenvalue weighted by atomic mass is 9.70. The molecule has 0 atom stereocenters. The van der Waals surface area contributed by atoms with Gasteiger partial charge < -0.3 is 10.0 Å². The summed E-state index contributed by atoms with van der Waals surface area (Å²) in [5, 5.41) is 9.57. The maximum Gasteiger partial charge on any atom is 0.115 e. The molecule has 0 unspecified atom stereocenters. The fourth-order valence-corrected chi connectivity index (χ4v) is 2.83. The third kappa shape index (κ3) is 1.94. The zero-order valence-corrected chi connectivity index (χ0v) is 10.2. The van der Waals surface area contributed by atoms with Crippen LogP contribution in [0.3, 0.4) is 0 Å². The molecule has 0 spiro atoms. The molecular weight excluding hydrogens is 198 g/mol. The Kier molecular flexibility index (Phi) is 3.20. The first-order valence-electron chi connectivity index (χ1n) is 6.22. The van der Waals surface area contributed by atoms with Gasteiger partial charge in [0.05, 0.1) is 0 Å². The van der Waals surface area contributed by atoms with Crippen LogP contribution in [0.2, 0.25) is 0 Å². The SMILES string of the molecule is CCCC1(c2cccc(O)c2)CN(CC)C1. The van der Waals surface area contributed by atoms with Gasteiger partial charge in [-0.3, -0.25) is 0 Å². The van der Waals surface area contributed by atoms with Gasteiger partial charge in [0.1, 0.15) is 5.75 Å². The molecule has 1 aliphatic rings. The Labute approximate surface area is 97.9 Å². The summed E-state index contributed by atoms with van der Waals surface area (Å²) in [6, 6.07) is 7.79. The second-order valence-electron chi connectivity index (χ2n) is 4.88. The molecule has 1 aromatic carbocycles. The molecule has 0 saturated carbocycles. The molecule has 0 aliphatic carbocycles. The highest BCUT2D eigenvalue weighted by molar-refractivity contribution is 5.35. The van der Waals surface area contributed by atoms with Crippen LogP contribution in [-0.4, -0.2) is 29.6 Å². The van der Waals surface area contributed by atoms with E-state index in [0.717, 1.165) is 19.6 Å². The Balaban J connectivity index is 2.21. The van der Waals surface area contributed by atoms with Gasteiger partial charge >= 0.3 is 0 Å². The molecule has 2 rings (SSSR count). The number of benzene rings is 1.